The summed E-state index contributed by atoms with van der Waals surface area (Å²) in [5.74, 6) is 0.882. The summed E-state index contributed by atoms with van der Waals surface area (Å²) in [6.07, 6.45) is 0. The first-order valence-corrected chi connectivity index (χ1v) is 6.60. The van der Waals surface area contributed by atoms with Gasteiger partial charge >= 0.3 is 0 Å². The Labute approximate surface area is 119 Å². The Morgan fingerprint density at radius 2 is 2.05 bits per heavy atom. The van der Waals surface area contributed by atoms with Crippen LogP contribution in [0.25, 0.3) is 0 Å². The van der Waals surface area contributed by atoms with E-state index in [1.54, 1.807) is 12.1 Å². The first-order valence-electron chi connectivity index (χ1n) is 5.81. The van der Waals surface area contributed by atoms with Crippen LogP contribution in [0.4, 0.5) is 4.39 Å². The molecular formula is C14H14BrFN2O. The number of ether oxygens (including phenoxy) is 1. The van der Waals surface area contributed by atoms with E-state index in [2.05, 4.69) is 20.9 Å². The number of rotatable bonds is 3. The lowest BCUT2D eigenvalue weighted by Crippen LogP contribution is -2.05. The molecule has 1 aromatic heterocycles. The molecule has 5 heteroatoms. The van der Waals surface area contributed by atoms with Gasteiger partial charge in [-0.2, -0.15) is 0 Å². The third-order valence-corrected chi connectivity index (χ3v) is 3.35. The lowest BCUT2D eigenvalue weighted by Gasteiger charge is -2.13. The quantitative estimate of drug-likeness (QED) is 0.932. The molecule has 1 heterocycles. The van der Waals surface area contributed by atoms with Gasteiger partial charge in [0.25, 0.3) is 0 Å². The predicted molar refractivity (Wildman–Crippen MR) is 75.8 cm³/mol. The highest BCUT2D eigenvalue weighted by molar-refractivity contribution is 9.10. The molecule has 0 spiro atoms. The molecule has 0 bridgehead atoms. The highest BCUT2D eigenvalue weighted by Gasteiger charge is 2.10. The third-order valence-electron chi connectivity index (χ3n) is 2.74. The minimum absolute atomic E-state index is 0.325. The number of nitrogens with zero attached hydrogens (tertiary/aromatic N) is 1. The maximum absolute atomic E-state index is 13.2. The molecule has 0 aliphatic carbocycles. The van der Waals surface area contributed by atoms with Gasteiger partial charge in [-0.05, 0) is 48.0 Å². The molecular weight excluding hydrogens is 311 g/mol. The molecule has 0 aliphatic heterocycles. The van der Waals surface area contributed by atoms with Crippen LogP contribution in [0.2, 0.25) is 0 Å². The number of pyridine rings is 1. The Morgan fingerprint density at radius 3 is 2.68 bits per heavy atom. The van der Waals surface area contributed by atoms with Gasteiger partial charge in [-0.3, -0.25) is 4.98 Å². The van der Waals surface area contributed by atoms with Crippen molar-refractivity contribution in [3.63, 3.8) is 0 Å². The maximum Gasteiger partial charge on any atom is 0.137 e. The highest BCUT2D eigenvalue weighted by Crippen LogP contribution is 2.30. The third kappa shape index (κ3) is 3.11. The number of hydrogen-bond acceptors (Lipinski definition) is 3. The van der Waals surface area contributed by atoms with Crippen LogP contribution in [-0.2, 0) is 6.54 Å². The monoisotopic (exact) mass is 324 g/mol. The number of benzene rings is 1. The lowest BCUT2D eigenvalue weighted by atomic mass is 10.1. The Kier molecular flexibility index (Phi) is 4.17. The molecule has 0 fully saturated rings. The summed E-state index contributed by atoms with van der Waals surface area (Å²) < 4.78 is 19.3. The van der Waals surface area contributed by atoms with E-state index >= 15 is 0 Å². The van der Waals surface area contributed by atoms with E-state index in [1.807, 2.05) is 19.9 Å². The molecule has 2 rings (SSSR count). The van der Waals surface area contributed by atoms with Gasteiger partial charge < -0.3 is 10.5 Å². The zero-order valence-electron chi connectivity index (χ0n) is 10.7. The smallest absolute Gasteiger partial charge is 0.137 e. The van der Waals surface area contributed by atoms with E-state index in [1.165, 1.54) is 6.07 Å². The molecule has 0 atom stereocenters. The summed E-state index contributed by atoms with van der Waals surface area (Å²) >= 11 is 3.13. The number of aryl methyl sites for hydroxylation is 2. The Morgan fingerprint density at radius 1 is 1.32 bits per heavy atom. The Hall–Kier alpha value is -1.46. The second-order valence-electron chi connectivity index (χ2n) is 4.21. The molecule has 100 valence electrons. The van der Waals surface area contributed by atoms with Crippen LogP contribution in [0.1, 0.15) is 17.0 Å². The maximum atomic E-state index is 13.2. The van der Waals surface area contributed by atoms with Crippen molar-refractivity contribution in [3.8, 4) is 11.5 Å². The predicted octanol–water partition coefficient (Wildman–Crippen LogP) is 3.85. The lowest BCUT2D eigenvalue weighted by molar-refractivity contribution is 0.471. The summed E-state index contributed by atoms with van der Waals surface area (Å²) in [6, 6.07) is 6.33. The van der Waals surface area contributed by atoms with E-state index in [0.717, 1.165) is 17.0 Å². The van der Waals surface area contributed by atoms with Crippen LogP contribution in [0.15, 0.2) is 28.7 Å². The molecule has 0 radical (unpaired) electrons. The van der Waals surface area contributed by atoms with E-state index in [4.69, 9.17) is 10.5 Å². The van der Waals surface area contributed by atoms with Gasteiger partial charge in [0, 0.05) is 29.6 Å². The van der Waals surface area contributed by atoms with Crippen molar-refractivity contribution >= 4 is 15.9 Å². The minimum atomic E-state index is -0.325. The van der Waals surface area contributed by atoms with Crippen molar-refractivity contribution < 1.29 is 9.13 Å². The van der Waals surface area contributed by atoms with Crippen molar-refractivity contribution in [2.45, 2.75) is 20.4 Å². The first kappa shape index (κ1) is 14.0. The first-order chi connectivity index (χ1) is 9.01. The SMILES string of the molecule is Cc1cc(Oc2ccc(F)c(Br)c2)c(CN)c(C)n1. The molecule has 1 aromatic carbocycles. The average Bonchev–Trinajstić information content (AvgIpc) is 2.33. The van der Waals surface area contributed by atoms with Gasteiger partial charge in [0.15, 0.2) is 0 Å². The van der Waals surface area contributed by atoms with Gasteiger partial charge in [-0.15, -0.1) is 0 Å². The molecule has 0 amide bonds. The summed E-state index contributed by atoms with van der Waals surface area (Å²) in [5, 5.41) is 0. The molecule has 19 heavy (non-hydrogen) atoms. The fraction of sp³-hybridized carbons (Fsp3) is 0.214. The van der Waals surface area contributed by atoms with Crippen LogP contribution in [0.5, 0.6) is 11.5 Å². The normalized spacial score (nSPS) is 10.6. The largest absolute Gasteiger partial charge is 0.457 e. The standard InChI is InChI=1S/C14H14BrFN2O/c1-8-5-14(11(7-17)9(2)18-8)19-10-3-4-13(16)12(15)6-10/h3-6H,7,17H2,1-2H3. The Bertz CT molecular complexity index is 617. The van der Waals surface area contributed by atoms with Crippen molar-refractivity contribution in [2.24, 2.45) is 5.73 Å². The van der Waals surface area contributed by atoms with Gasteiger partial charge in [-0.25, -0.2) is 4.39 Å². The van der Waals surface area contributed by atoms with Gasteiger partial charge in [0.1, 0.15) is 17.3 Å². The number of aromatic nitrogens is 1. The fourth-order valence-corrected chi connectivity index (χ4v) is 2.18. The minimum Gasteiger partial charge on any atom is -0.457 e. The van der Waals surface area contributed by atoms with E-state index in [0.29, 0.717) is 22.5 Å². The fourth-order valence-electron chi connectivity index (χ4n) is 1.83. The summed E-state index contributed by atoms with van der Waals surface area (Å²) in [4.78, 5) is 4.35. The van der Waals surface area contributed by atoms with Crippen LogP contribution >= 0.6 is 15.9 Å². The zero-order valence-corrected chi connectivity index (χ0v) is 12.3. The molecule has 0 aliphatic rings. The molecule has 0 saturated carbocycles. The number of halogens is 2. The number of hydrogen-bond donors (Lipinski definition) is 1. The summed E-state index contributed by atoms with van der Waals surface area (Å²) in [7, 11) is 0. The van der Waals surface area contributed by atoms with Crippen molar-refractivity contribution in [1.29, 1.82) is 0 Å². The second-order valence-corrected chi connectivity index (χ2v) is 5.06. The summed E-state index contributed by atoms with van der Waals surface area (Å²) in [5.41, 5.74) is 8.27. The van der Waals surface area contributed by atoms with Gasteiger partial charge in [0.2, 0.25) is 0 Å². The highest BCUT2D eigenvalue weighted by atomic mass is 79.9. The van der Waals surface area contributed by atoms with Gasteiger partial charge in [0.05, 0.1) is 4.47 Å². The van der Waals surface area contributed by atoms with E-state index in [9.17, 15) is 4.39 Å². The topological polar surface area (TPSA) is 48.1 Å². The molecule has 2 aromatic rings. The molecule has 3 nitrogen and oxygen atoms in total. The Balaban J connectivity index is 2.39. The average molecular weight is 325 g/mol. The van der Waals surface area contributed by atoms with Crippen LogP contribution in [0, 0.1) is 19.7 Å². The van der Waals surface area contributed by atoms with Crippen molar-refractivity contribution in [1.82, 2.24) is 4.98 Å². The van der Waals surface area contributed by atoms with E-state index < -0.39 is 0 Å². The number of nitrogens with two attached hydrogens (primary N) is 1. The molecule has 0 saturated heterocycles. The van der Waals surface area contributed by atoms with Crippen LogP contribution < -0.4 is 10.5 Å². The van der Waals surface area contributed by atoms with Crippen molar-refractivity contribution in [2.75, 3.05) is 0 Å². The second kappa shape index (κ2) is 5.67. The van der Waals surface area contributed by atoms with E-state index in [-0.39, 0.29) is 5.82 Å². The summed E-state index contributed by atoms with van der Waals surface area (Å²) in [6.45, 7) is 4.13. The van der Waals surface area contributed by atoms with Crippen LogP contribution in [-0.4, -0.2) is 4.98 Å². The molecule has 0 unspecified atom stereocenters. The van der Waals surface area contributed by atoms with Gasteiger partial charge in [-0.1, -0.05) is 0 Å². The molecule has 2 N–H and O–H groups in total. The van der Waals surface area contributed by atoms with Crippen LogP contribution in [0.3, 0.4) is 0 Å². The van der Waals surface area contributed by atoms with Crippen molar-refractivity contribution in [3.05, 3.63) is 51.5 Å². The zero-order chi connectivity index (χ0) is 14.0.